The van der Waals surface area contributed by atoms with Crippen molar-refractivity contribution in [1.29, 1.82) is 0 Å². The predicted molar refractivity (Wildman–Crippen MR) is 49.1 cm³/mol. The highest BCUT2D eigenvalue weighted by Crippen LogP contribution is 2.22. The van der Waals surface area contributed by atoms with Gasteiger partial charge in [-0.25, -0.2) is 0 Å². The molecule has 1 heterocycles. The van der Waals surface area contributed by atoms with Crippen molar-refractivity contribution in [2.75, 3.05) is 13.1 Å². The third-order valence-corrected chi connectivity index (χ3v) is 2.74. The average Bonchev–Trinajstić information content (AvgIpc) is 2.07. The lowest BCUT2D eigenvalue weighted by atomic mass is 9.94. The number of nitrogens with one attached hydrogen (secondary N) is 2. The summed E-state index contributed by atoms with van der Waals surface area (Å²) in [5, 5.41) is 5.80. The van der Waals surface area contributed by atoms with Crippen LogP contribution in [0.1, 0.15) is 20.3 Å². The van der Waals surface area contributed by atoms with Crippen LogP contribution in [0.4, 0.5) is 13.2 Å². The first-order valence-electron chi connectivity index (χ1n) is 4.94. The third kappa shape index (κ3) is 3.13. The van der Waals surface area contributed by atoms with Crippen LogP contribution in [0.5, 0.6) is 0 Å². The van der Waals surface area contributed by atoms with E-state index in [2.05, 4.69) is 10.6 Å². The van der Waals surface area contributed by atoms with E-state index in [4.69, 9.17) is 0 Å². The maximum atomic E-state index is 12.3. The van der Waals surface area contributed by atoms with Crippen molar-refractivity contribution in [3.63, 3.8) is 0 Å². The molecular weight excluding hydrogens is 193 g/mol. The molecule has 2 nitrogen and oxygen atoms in total. The van der Waals surface area contributed by atoms with Gasteiger partial charge in [-0.3, -0.25) is 0 Å². The summed E-state index contributed by atoms with van der Waals surface area (Å²) >= 11 is 0. The molecule has 0 radical (unpaired) electrons. The predicted octanol–water partition coefficient (Wildman–Crippen LogP) is 1.52. The molecule has 0 saturated carbocycles. The van der Waals surface area contributed by atoms with Crippen molar-refractivity contribution in [2.45, 2.75) is 38.5 Å². The number of hydrogen-bond donors (Lipinski definition) is 2. The molecule has 14 heavy (non-hydrogen) atoms. The lowest BCUT2D eigenvalue weighted by Gasteiger charge is -2.33. The van der Waals surface area contributed by atoms with Gasteiger partial charge in [0.25, 0.3) is 0 Å². The third-order valence-electron chi connectivity index (χ3n) is 2.74. The molecule has 0 aliphatic carbocycles. The number of hydrogen-bond acceptors (Lipinski definition) is 2. The number of halogens is 3. The molecule has 0 aromatic heterocycles. The molecule has 0 amide bonds. The molecular formula is C9H17F3N2. The molecule has 84 valence electrons. The van der Waals surface area contributed by atoms with E-state index in [0.717, 1.165) is 19.5 Å². The van der Waals surface area contributed by atoms with Crippen LogP contribution < -0.4 is 10.6 Å². The number of piperidine rings is 1. The summed E-state index contributed by atoms with van der Waals surface area (Å²) in [6.07, 6.45) is -3.37. The first kappa shape index (κ1) is 11.8. The highest BCUT2D eigenvalue weighted by molar-refractivity contribution is 4.84. The molecule has 3 atom stereocenters. The summed E-state index contributed by atoms with van der Waals surface area (Å²) in [7, 11) is 0. The number of rotatable bonds is 2. The van der Waals surface area contributed by atoms with Crippen LogP contribution >= 0.6 is 0 Å². The quantitative estimate of drug-likeness (QED) is 0.722. The smallest absolute Gasteiger partial charge is 0.316 e. The summed E-state index contributed by atoms with van der Waals surface area (Å²) < 4.78 is 36.8. The summed E-state index contributed by atoms with van der Waals surface area (Å²) in [4.78, 5) is 0. The average molecular weight is 210 g/mol. The van der Waals surface area contributed by atoms with E-state index in [-0.39, 0.29) is 12.0 Å². The van der Waals surface area contributed by atoms with E-state index < -0.39 is 12.2 Å². The topological polar surface area (TPSA) is 24.1 Å². The zero-order valence-electron chi connectivity index (χ0n) is 8.49. The Kier molecular flexibility index (Phi) is 3.78. The van der Waals surface area contributed by atoms with Gasteiger partial charge in [-0.05, 0) is 32.4 Å². The maximum absolute atomic E-state index is 12.3. The SMILES string of the molecule is CC1CNCCC1NC(C)C(F)(F)F. The second-order valence-electron chi connectivity index (χ2n) is 4.01. The Balaban J connectivity index is 2.42. The molecule has 0 spiro atoms. The molecule has 1 fully saturated rings. The fraction of sp³-hybridized carbons (Fsp3) is 1.00. The summed E-state index contributed by atoms with van der Waals surface area (Å²) in [5.74, 6) is 0.258. The van der Waals surface area contributed by atoms with Gasteiger partial charge >= 0.3 is 6.18 Å². The van der Waals surface area contributed by atoms with Crippen LogP contribution in [0.2, 0.25) is 0 Å². The van der Waals surface area contributed by atoms with Crippen molar-refractivity contribution in [3.05, 3.63) is 0 Å². The second kappa shape index (κ2) is 4.49. The zero-order valence-corrected chi connectivity index (χ0v) is 8.49. The van der Waals surface area contributed by atoms with Gasteiger partial charge in [-0.15, -0.1) is 0 Å². The molecule has 1 rings (SSSR count). The molecule has 0 bridgehead atoms. The molecule has 3 unspecified atom stereocenters. The Morgan fingerprint density at radius 1 is 1.43 bits per heavy atom. The minimum atomic E-state index is -4.13. The van der Waals surface area contributed by atoms with E-state index in [1.807, 2.05) is 6.92 Å². The first-order valence-corrected chi connectivity index (χ1v) is 4.94. The van der Waals surface area contributed by atoms with Gasteiger partial charge in [-0.1, -0.05) is 6.92 Å². The Labute approximate surface area is 82.2 Å². The molecule has 5 heteroatoms. The van der Waals surface area contributed by atoms with Crippen LogP contribution in [0, 0.1) is 5.92 Å². The van der Waals surface area contributed by atoms with Crippen molar-refractivity contribution >= 4 is 0 Å². The van der Waals surface area contributed by atoms with Crippen LogP contribution in [0.15, 0.2) is 0 Å². The minimum absolute atomic E-state index is 0.0205. The van der Waals surface area contributed by atoms with E-state index in [0.29, 0.717) is 0 Å². The molecule has 2 N–H and O–H groups in total. The Bertz CT molecular complexity index is 181. The van der Waals surface area contributed by atoms with E-state index in [1.54, 1.807) is 0 Å². The lowest BCUT2D eigenvalue weighted by molar-refractivity contribution is -0.154. The van der Waals surface area contributed by atoms with Crippen molar-refractivity contribution < 1.29 is 13.2 Å². The van der Waals surface area contributed by atoms with Gasteiger partial charge in [0, 0.05) is 6.04 Å². The Morgan fingerprint density at radius 3 is 2.57 bits per heavy atom. The largest absolute Gasteiger partial charge is 0.403 e. The Morgan fingerprint density at radius 2 is 2.07 bits per heavy atom. The second-order valence-corrected chi connectivity index (χ2v) is 4.01. The summed E-state index contributed by atoms with van der Waals surface area (Å²) in [5.41, 5.74) is 0. The van der Waals surface area contributed by atoms with E-state index in [1.165, 1.54) is 6.92 Å². The van der Waals surface area contributed by atoms with Crippen LogP contribution in [0.3, 0.4) is 0 Å². The van der Waals surface area contributed by atoms with Gasteiger partial charge < -0.3 is 10.6 Å². The van der Waals surface area contributed by atoms with Crippen LogP contribution in [-0.2, 0) is 0 Å². The molecule has 0 aromatic carbocycles. The fourth-order valence-electron chi connectivity index (χ4n) is 1.68. The standard InChI is InChI=1S/C9H17F3N2/c1-6-5-13-4-3-8(6)14-7(2)9(10,11)12/h6-8,13-14H,3-5H2,1-2H3. The van der Waals surface area contributed by atoms with E-state index >= 15 is 0 Å². The first-order chi connectivity index (χ1) is 6.41. The van der Waals surface area contributed by atoms with Gasteiger partial charge in [0.1, 0.15) is 6.04 Å². The van der Waals surface area contributed by atoms with Gasteiger partial charge in [-0.2, -0.15) is 13.2 Å². The molecule has 1 saturated heterocycles. The maximum Gasteiger partial charge on any atom is 0.403 e. The summed E-state index contributed by atoms with van der Waals surface area (Å²) in [6.45, 7) is 4.73. The minimum Gasteiger partial charge on any atom is -0.316 e. The van der Waals surface area contributed by atoms with E-state index in [9.17, 15) is 13.2 Å². The summed E-state index contributed by atoms with van der Waals surface area (Å²) in [6, 6.07) is -1.43. The monoisotopic (exact) mass is 210 g/mol. The van der Waals surface area contributed by atoms with Gasteiger partial charge in [0.05, 0.1) is 0 Å². The Hall–Kier alpha value is -0.290. The fourth-order valence-corrected chi connectivity index (χ4v) is 1.68. The van der Waals surface area contributed by atoms with Gasteiger partial charge in [0.2, 0.25) is 0 Å². The van der Waals surface area contributed by atoms with Crippen LogP contribution in [0.25, 0.3) is 0 Å². The van der Waals surface area contributed by atoms with Crippen molar-refractivity contribution in [2.24, 2.45) is 5.92 Å². The normalized spacial score (nSPS) is 31.5. The zero-order chi connectivity index (χ0) is 10.8. The number of alkyl halides is 3. The highest BCUT2D eigenvalue weighted by Gasteiger charge is 2.38. The molecule has 1 aliphatic heterocycles. The van der Waals surface area contributed by atoms with Crippen LogP contribution in [-0.4, -0.2) is 31.3 Å². The van der Waals surface area contributed by atoms with Gasteiger partial charge in [0.15, 0.2) is 0 Å². The lowest BCUT2D eigenvalue weighted by Crippen LogP contribution is -2.52. The molecule has 0 aromatic rings. The van der Waals surface area contributed by atoms with Crippen molar-refractivity contribution in [1.82, 2.24) is 10.6 Å². The van der Waals surface area contributed by atoms with Crippen molar-refractivity contribution in [3.8, 4) is 0 Å². The molecule has 1 aliphatic rings. The highest BCUT2D eigenvalue weighted by atomic mass is 19.4.